The maximum absolute atomic E-state index is 15.4. The zero-order chi connectivity index (χ0) is 44.7. The van der Waals surface area contributed by atoms with Gasteiger partial charge in [-0.2, -0.15) is 0 Å². The van der Waals surface area contributed by atoms with Crippen LogP contribution in [0.3, 0.4) is 0 Å². The second-order valence-corrected chi connectivity index (χ2v) is 17.1. The quantitative estimate of drug-likeness (QED) is 0.103. The molecule has 0 radical (unpaired) electrons. The van der Waals surface area contributed by atoms with Crippen LogP contribution in [0.1, 0.15) is 96.1 Å². The van der Waals surface area contributed by atoms with Gasteiger partial charge >= 0.3 is 30.0 Å². The Morgan fingerprint density at radius 2 is 1.57 bits per heavy atom. The van der Waals surface area contributed by atoms with Crippen molar-refractivity contribution < 1.29 is 72.5 Å². The standard InChI is InChI=1S/C45H55NO15/c1-8-9-20-56-41(54)46-33(27-16-12-10-13-17-27)34(50)40(53)59-29-22-45(55)38(60-39(52)28-18-14-11-15-19-28)36-43(7,30(49)21-31-44(36,23-57-31)61-26(4)48)37(51)35(58-25(3)47)32(24(29)2)42(45,5)6/h10-19,29-31,33-36,38,49-50,55H,8-9,20-23H2,1-7H3,(H,46,54)/t29?,30-,31+,33?,34?,35+,36?,38?,43+,44-,45+/m0/s1. The maximum atomic E-state index is 15.4. The Kier molecular flexibility index (Phi) is 12.9. The van der Waals surface area contributed by atoms with Crippen molar-refractivity contribution in [2.24, 2.45) is 16.7 Å². The molecule has 1 saturated heterocycles. The summed E-state index contributed by atoms with van der Waals surface area (Å²) in [4.78, 5) is 82.7. The van der Waals surface area contributed by atoms with Gasteiger partial charge in [-0.3, -0.25) is 14.4 Å². The number of ether oxygens (including phenoxy) is 6. The molecule has 1 aliphatic heterocycles. The lowest BCUT2D eigenvalue weighted by atomic mass is 9.44. The molecule has 16 nitrogen and oxygen atoms in total. The van der Waals surface area contributed by atoms with E-state index in [0.717, 1.165) is 20.3 Å². The Balaban J connectivity index is 1.52. The van der Waals surface area contributed by atoms with E-state index >= 15 is 4.79 Å². The summed E-state index contributed by atoms with van der Waals surface area (Å²) in [6.45, 7) is 9.95. The normalized spacial score (nSPS) is 32.2. The summed E-state index contributed by atoms with van der Waals surface area (Å²) < 4.78 is 35.4. The van der Waals surface area contributed by atoms with Crippen molar-refractivity contribution >= 4 is 35.8 Å². The monoisotopic (exact) mass is 849 g/mol. The second kappa shape index (κ2) is 17.3. The summed E-state index contributed by atoms with van der Waals surface area (Å²) in [5, 5.41) is 39.9. The molecule has 2 bridgehead atoms. The molecule has 16 heteroatoms. The molecule has 2 saturated carbocycles. The summed E-state index contributed by atoms with van der Waals surface area (Å²) >= 11 is 0. The van der Waals surface area contributed by atoms with Crippen LogP contribution in [0.15, 0.2) is 71.8 Å². The third kappa shape index (κ3) is 7.94. The number of carbonyl (C=O) groups excluding carboxylic acids is 6. The molecule has 4 aliphatic rings. The lowest BCUT2D eigenvalue weighted by molar-refractivity contribution is -0.346. The molecule has 1 amide bonds. The fourth-order valence-corrected chi connectivity index (χ4v) is 9.85. The first-order valence-corrected chi connectivity index (χ1v) is 20.5. The van der Waals surface area contributed by atoms with Gasteiger partial charge in [0, 0.05) is 32.1 Å². The lowest BCUT2D eigenvalue weighted by Crippen LogP contribution is -2.82. The largest absolute Gasteiger partial charge is 0.456 e. The van der Waals surface area contributed by atoms with Gasteiger partial charge in [0.05, 0.1) is 42.3 Å². The predicted molar refractivity (Wildman–Crippen MR) is 213 cm³/mol. The lowest BCUT2D eigenvalue weighted by Gasteiger charge is -2.67. The zero-order valence-corrected chi connectivity index (χ0v) is 35.4. The van der Waals surface area contributed by atoms with E-state index in [9.17, 15) is 39.3 Å². The summed E-state index contributed by atoms with van der Waals surface area (Å²) in [5.74, 6) is -6.27. The molecule has 0 spiro atoms. The van der Waals surface area contributed by atoms with Gasteiger partial charge in [-0.1, -0.05) is 75.7 Å². The number of alkyl carbamates (subject to hydrolysis) is 1. The third-order valence-electron chi connectivity index (χ3n) is 13.2. The molecule has 4 N–H and O–H groups in total. The van der Waals surface area contributed by atoms with Crippen LogP contribution in [-0.2, 0) is 47.6 Å². The van der Waals surface area contributed by atoms with E-state index in [2.05, 4.69) is 5.32 Å². The average Bonchev–Trinajstić information content (AvgIpc) is 3.21. The first-order valence-electron chi connectivity index (χ1n) is 20.5. The predicted octanol–water partition coefficient (Wildman–Crippen LogP) is 3.83. The van der Waals surface area contributed by atoms with Gasteiger partial charge in [-0.15, -0.1) is 0 Å². The first kappa shape index (κ1) is 45.4. The van der Waals surface area contributed by atoms with Gasteiger partial charge in [0.2, 0.25) is 0 Å². The molecule has 11 atom stereocenters. The van der Waals surface area contributed by atoms with Gasteiger partial charge in [-0.25, -0.2) is 14.4 Å². The second-order valence-electron chi connectivity index (χ2n) is 17.1. The van der Waals surface area contributed by atoms with Crippen molar-refractivity contribution in [3.8, 4) is 0 Å². The van der Waals surface area contributed by atoms with E-state index in [-0.39, 0.29) is 36.3 Å². The van der Waals surface area contributed by atoms with Gasteiger partial charge in [-0.05, 0) is 49.1 Å². The van der Waals surface area contributed by atoms with Crippen molar-refractivity contribution in [2.45, 2.75) is 128 Å². The summed E-state index contributed by atoms with van der Waals surface area (Å²) in [5.41, 5.74) is -7.32. The fraction of sp³-hybridized carbons (Fsp3) is 0.556. The van der Waals surface area contributed by atoms with Crippen molar-refractivity contribution in [1.82, 2.24) is 5.32 Å². The number of aliphatic hydroxyl groups excluding tert-OH is 2. The Labute approximate surface area is 353 Å². The molecule has 6 rings (SSSR count). The number of hydrogen-bond donors (Lipinski definition) is 4. The number of hydrogen-bond acceptors (Lipinski definition) is 15. The number of Topliss-reactive ketones (excluding diaryl/α,β-unsaturated/α-hetero) is 1. The van der Waals surface area contributed by atoms with Crippen LogP contribution >= 0.6 is 0 Å². The highest BCUT2D eigenvalue weighted by molar-refractivity contribution is 5.95. The number of nitrogens with one attached hydrogen (secondary N) is 1. The SMILES string of the molecule is CCCCOC(=O)NC(c1ccccc1)C(O)C(=O)OC1C[C@@]2(O)C(OC(=O)c3ccccc3)C3[C@](C)(C(=O)[C@H](OC(C)=O)C(=C1C)C2(C)C)[C@@H](O)C[C@H]1OC[C@@]31OC(C)=O. The van der Waals surface area contributed by atoms with Crippen molar-refractivity contribution in [3.63, 3.8) is 0 Å². The highest BCUT2D eigenvalue weighted by Gasteiger charge is 2.78. The van der Waals surface area contributed by atoms with Crippen molar-refractivity contribution in [1.29, 1.82) is 0 Å². The molecular formula is C45H55NO15. The number of fused-ring (bicyclic) bond motifs is 5. The molecule has 5 unspecified atom stereocenters. The molecular weight excluding hydrogens is 794 g/mol. The number of carbonyl (C=O) groups is 6. The molecule has 0 aromatic heterocycles. The van der Waals surface area contributed by atoms with Crippen LogP contribution in [0.2, 0.25) is 0 Å². The van der Waals surface area contributed by atoms with Gasteiger partial charge in [0.25, 0.3) is 0 Å². The summed E-state index contributed by atoms with van der Waals surface area (Å²) in [6.07, 6.45) is -10.1. The van der Waals surface area contributed by atoms with Crippen LogP contribution in [0, 0.1) is 16.7 Å². The van der Waals surface area contributed by atoms with E-state index in [4.69, 9.17) is 28.4 Å². The number of aliphatic hydroxyl groups is 3. The topological polar surface area (TPSA) is 231 Å². The van der Waals surface area contributed by atoms with E-state index in [0.29, 0.717) is 12.0 Å². The molecule has 61 heavy (non-hydrogen) atoms. The minimum atomic E-state index is -2.39. The fourth-order valence-electron chi connectivity index (χ4n) is 9.85. The minimum absolute atomic E-state index is 0.00729. The Morgan fingerprint density at radius 3 is 2.15 bits per heavy atom. The molecule has 3 fully saturated rings. The van der Waals surface area contributed by atoms with Crippen molar-refractivity contribution in [3.05, 3.63) is 82.9 Å². The van der Waals surface area contributed by atoms with Gasteiger partial charge < -0.3 is 49.1 Å². The zero-order valence-electron chi connectivity index (χ0n) is 35.4. The average molecular weight is 850 g/mol. The van der Waals surface area contributed by atoms with Gasteiger partial charge in [0.15, 0.2) is 23.6 Å². The molecule has 1 heterocycles. The van der Waals surface area contributed by atoms with Crippen LogP contribution in [0.4, 0.5) is 4.79 Å². The summed E-state index contributed by atoms with van der Waals surface area (Å²) in [7, 11) is 0. The van der Waals surface area contributed by atoms with E-state index in [1.54, 1.807) is 62.4 Å². The maximum Gasteiger partial charge on any atom is 0.407 e. The number of rotatable bonds is 12. The summed E-state index contributed by atoms with van der Waals surface area (Å²) in [6, 6.07) is 14.6. The third-order valence-corrected chi connectivity index (χ3v) is 13.2. The van der Waals surface area contributed by atoms with Crippen LogP contribution < -0.4 is 5.32 Å². The highest BCUT2D eigenvalue weighted by Crippen LogP contribution is 2.64. The number of amides is 1. The van der Waals surface area contributed by atoms with E-state index in [1.807, 2.05) is 6.92 Å². The number of benzene rings is 2. The van der Waals surface area contributed by atoms with Crippen LogP contribution in [0.25, 0.3) is 0 Å². The van der Waals surface area contributed by atoms with E-state index < -0.39 is 113 Å². The Morgan fingerprint density at radius 1 is 0.934 bits per heavy atom. The Bertz CT molecular complexity index is 2050. The first-order chi connectivity index (χ1) is 28.7. The number of unbranched alkanes of at least 4 members (excludes halogenated alkanes) is 1. The van der Waals surface area contributed by atoms with Gasteiger partial charge in [0.1, 0.15) is 23.9 Å². The van der Waals surface area contributed by atoms with Crippen molar-refractivity contribution in [2.75, 3.05) is 13.2 Å². The molecule has 2 aromatic carbocycles. The molecule has 3 aliphatic carbocycles. The smallest absolute Gasteiger partial charge is 0.407 e. The molecule has 2 aromatic rings. The highest BCUT2D eigenvalue weighted by atomic mass is 16.6. The van der Waals surface area contributed by atoms with E-state index in [1.165, 1.54) is 26.0 Å². The number of esters is 4. The molecule has 330 valence electrons. The van der Waals surface area contributed by atoms with Crippen LogP contribution in [-0.4, -0.2) is 112 Å². The minimum Gasteiger partial charge on any atom is -0.456 e. The number of ketones is 1. The Hall–Kier alpha value is -5.16. The van der Waals surface area contributed by atoms with Crippen LogP contribution in [0.5, 0.6) is 0 Å².